The first-order valence-corrected chi connectivity index (χ1v) is 4.98. The summed E-state index contributed by atoms with van der Waals surface area (Å²) in [5, 5.41) is 0. The molecule has 0 spiro atoms. The molecule has 1 aliphatic rings. The molecule has 14 heavy (non-hydrogen) atoms. The van der Waals surface area contributed by atoms with Crippen LogP contribution >= 0.6 is 0 Å². The fraction of sp³-hybridized carbons (Fsp3) is 0.417. The maximum absolute atomic E-state index is 11.7. The van der Waals surface area contributed by atoms with Crippen LogP contribution in [0.5, 0.6) is 0 Å². The second-order valence-electron chi connectivity index (χ2n) is 4.19. The summed E-state index contributed by atoms with van der Waals surface area (Å²) in [4.78, 5) is 13.5. The molecule has 1 heterocycles. The van der Waals surface area contributed by atoms with Crippen LogP contribution in [0.3, 0.4) is 0 Å². The van der Waals surface area contributed by atoms with Gasteiger partial charge in [0.05, 0.1) is 0 Å². The fourth-order valence-corrected chi connectivity index (χ4v) is 2.04. The Morgan fingerprint density at radius 2 is 2.07 bits per heavy atom. The van der Waals surface area contributed by atoms with Crippen LogP contribution in [0, 0.1) is 0 Å². The highest BCUT2D eigenvalue weighted by Gasteiger charge is 2.26. The predicted molar refractivity (Wildman–Crippen MR) is 56.3 cm³/mol. The van der Waals surface area contributed by atoms with Crippen molar-refractivity contribution in [3.05, 3.63) is 34.9 Å². The molecule has 0 aromatic heterocycles. The molecule has 1 aromatic rings. The second kappa shape index (κ2) is 3.12. The van der Waals surface area contributed by atoms with Gasteiger partial charge in [0.2, 0.25) is 0 Å². The van der Waals surface area contributed by atoms with E-state index in [-0.39, 0.29) is 5.91 Å². The molecule has 0 saturated heterocycles. The largest absolute Gasteiger partial charge is 0.337 e. The van der Waals surface area contributed by atoms with Crippen molar-refractivity contribution in [2.24, 2.45) is 0 Å². The Balaban J connectivity index is 2.56. The van der Waals surface area contributed by atoms with Gasteiger partial charge in [-0.15, -0.1) is 0 Å². The monoisotopic (exact) mass is 189 g/mol. The Bertz CT molecular complexity index is 382. The van der Waals surface area contributed by atoms with Gasteiger partial charge in [0, 0.05) is 19.2 Å². The van der Waals surface area contributed by atoms with Gasteiger partial charge in [-0.2, -0.15) is 0 Å². The zero-order chi connectivity index (χ0) is 10.3. The average Bonchev–Trinajstić information content (AvgIpc) is 2.43. The normalized spacial score (nSPS) is 15.1. The molecular weight excluding hydrogens is 174 g/mol. The van der Waals surface area contributed by atoms with Crippen LogP contribution in [0.2, 0.25) is 0 Å². The Kier molecular flexibility index (Phi) is 2.06. The Morgan fingerprint density at radius 1 is 1.36 bits per heavy atom. The first-order chi connectivity index (χ1) is 6.61. The van der Waals surface area contributed by atoms with Crippen LogP contribution in [0.25, 0.3) is 0 Å². The van der Waals surface area contributed by atoms with E-state index in [9.17, 15) is 4.79 Å². The number of benzene rings is 1. The van der Waals surface area contributed by atoms with E-state index in [0.29, 0.717) is 5.92 Å². The van der Waals surface area contributed by atoms with Crippen molar-refractivity contribution >= 4 is 5.91 Å². The van der Waals surface area contributed by atoms with Crippen molar-refractivity contribution in [1.29, 1.82) is 0 Å². The van der Waals surface area contributed by atoms with E-state index in [1.165, 1.54) is 11.1 Å². The maximum atomic E-state index is 11.7. The Morgan fingerprint density at radius 3 is 2.71 bits per heavy atom. The van der Waals surface area contributed by atoms with Crippen molar-refractivity contribution < 1.29 is 4.79 Å². The zero-order valence-corrected chi connectivity index (χ0v) is 8.87. The number of amides is 1. The fourth-order valence-electron chi connectivity index (χ4n) is 2.04. The summed E-state index contributed by atoms with van der Waals surface area (Å²) in [6, 6.07) is 6.02. The van der Waals surface area contributed by atoms with Gasteiger partial charge in [0.25, 0.3) is 5.91 Å². The summed E-state index contributed by atoms with van der Waals surface area (Å²) >= 11 is 0. The smallest absolute Gasteiger partial charge is 0.254 e. The summed E-state index contributed by atoms with van der Waals surface area (Å²) < 4.78 is 0. The molecule has 0 bridgehead atoms. The van der Waals surface area contributed by atoms with Gasteiger partial charge >= 0.3 is 0 Å². The second-order valence-corrected chi connectivity index (χ2v) is 4.19. The molecule has 1 aliphatic heterocycles. The predicted octanol–water partition coefficient (Wildman–Crippen LogP) is 2.40. The molecule has 0 unspecified atom stereocenters. The van der Waals surface area contributed by atoms with E-state index < -0.39 is 0 Å². The highest BCUT2D eigenvalue weighted by atomic mass is 16.2. The molecule has 74 valence electrons. The first kappa shape index (κ1) is 9.25. The van der Waals surface area contributed by atoms with Gasteiger partial charge in [-0.05, 0) is 23.1 Å². The van der Waals surface area contributed by atoms with E-state index in [1.807, 2.05) is 19.2 Å². The molecule has 0 radical (unpaired) electrons. The zero-order valence-electron chi connectivity index (χ0n) is 8.87. The molecule has 0 atom stereocenters. The first-order valence-electron chi connectivity index (χ1n) is 4.98. The standard InChI is InChI=1S/C12H15NO/c1-8(2)9-5-4-6-10-11(9)7-13(3)12(10)14/h4-6,8H,7H2,1-3H3. The van der Waals surface area contributed by atoms with E-state index in [0.717, 1.165) is 12.1 Å². The van der Waals surface area contributed by atoms with Gasteiger partial charge in [0.1, 0.15) is 0 Å². The van der Waals surface area contributed by atoms with Crippen LogP contribution in [-0.4, -0.2) is 17.9 Å². The van der Waals surface area contributed by atoms with Crippen LogP contribution in [0.4, 0.5) is 0 Å². The van der Waals surface area contributed by atoms with Gasteiger partial charge in [-0.1, -0.05) is 26.0 Å². The van der Waals surface area contributed by atoms with Gasteiger partial charge in [0.15, 0.2) is 0 Å². The third kappa shape index (κ3) is 1.22. The highest BCUT2D eigenvalue weighted by Crippen LogP contribution is 2.29. The molecule has 1 amide bonds. The lowest BCUT2D eigenvalue weighted by Crippen LogP contribution is -2.17. The summed E-state index contributed by atoms with van der Waals surface area (Å²) in [6.07, 6.45) is 0. The van der Waals surface area contributed by atoms with Crippen molar-refractivity contribution in [3.8, 4) is 0 Å². The van der Waals surface area contributed by atoms with Crippen molar-refractivity contribution in [2.45, 2.75) is 26.3 Å². The lowest BCUT2D eigenvalue weighted by atomic mass is 9.95. The van der Waals surface area contributed by atoms with Gasteiger partial charge in [-0.3, -0.25) is 4.79 Å². The van der Waals surface area contributed by atoms with Gasteiger partial charge < -0.3 is 4.90 Å². The summed E-state index contributed by atoms with van der Waals surface area (Å²) in [6.45, 7) is 5.10. The number of hydrogen-bond donors (Lipinski definition) is 0. The van der Waals surface area contributed by atoms with Crippen molar-refractivity contribution in [3.63, 3.8) is 0 Å². The van der Waals surface area contributed by atoms with Crippen molar-refractivity contribution in [2.75, 3.05) is 7.05 Å². The molecule has 0 fully saturated rings. The third-order valence-corrected chi connectivity index (χ3v) is 2.81. The topological polar surface area (TPSA) is 20.3 Å². The maximum Gasteiger partial charge on any atom is 0.254 e. The van der Waals surface area contributed by atoms with Crippen LogP contribution in [-0.2, 0) is 6.54 Å². The lowest BCUT2D eigenvalue weighted by Gasteiger charge is -2.10. The number of carbonyl (C=O) groups is 1. The molecule has 2 heteroatoms. The molecule has 2 rings (SSSR count). The molecule has 0 aliphatic carbocycles. The molecule has 0 N–H and O–H groups in total. The summed E-state index contributed by atoms with van der Waals surface area (Å²) in [5.41, 5.74) is 3.41. The minimum Gasteiger partial charge on any atom is -0.337 e. The lowest BCUT2D eigenvalue weighted by molar-refractivity contribution is 0.0816. The Hall–Kier alpha value is -1.31. The number of carbonyl (C=O) groups excluding carboxylic acids is 1. The number of fused-ring (bicyclic) bond motifs is 1. The molecule has 1 aromatic carbocycles. The minimum absolute atomic E-state index is 0.155. The minimum atomic E-state index is 0.155. The molecule has 2 nitrogen and oxygen atoms in total. The SMILES string of the molecule is CC(C)c1cccc2c1CN(C)C2=O. The van der Waals surface area contributed by atoms with Gasteiger partial charge in [-0.25, -0.2) is 0 Å². The van der Waals surface area contributed by atoms with E-state index in [2.05, 4.69) is 19.9 Å². The number of nitrogens with zero attached hydrogens (tertiary/aromatic N) is 1. The average molecular weight is 189 g/mol. The quantitative estimate of drug-likeness (QED) is 0.664. The summed E-state index contributed by atoms with van der Waals surface area (Å²) in [5.74, 6) is 0.645. The van der Waals surface area contributed by atoms with E-state index >= 15 is 0 Å². The van der Waals surface area contributed by atoms with E-state index in [1.54, 1.807) is 4.90 Å². The van der Waals surface area contributed by atoms with Crippen LogP contribution < -0.4 is 0 Å². The third-order valence-electron chi connectivity index (χ3n) is 2.81. The molecule has 0 saturated carbocycles. The van der Waals surface area contributed by atoms with Crippen LogP contribution in [0.15, 0.2) is 18.2 Å². The highest BCUT2D eigenvalue weighted by molar-refractivity contribution is 5.98. The molecular formula is C12H15NO. The van der Waals surface area contributed by atoms with Crippen LogP contribution in [0.1, 0.15) is 41.3 Å². The van der Waals surface area contributed by atoms with E-state index in [4.69, 9.17) is 0 Å². The Labute approximate surface area is 84.5 Å². The van der Waals surface area contributed by atoms with Crippen molar-refractivity contribution in [1.82, 2.24) is 4.90 Å². The number of rotatable bonds is 1. The number of hydrogen-bond acceptors (Lipinski definition) is 1. The summed E-state index contributed by atoms with van der Waals surface area (Å²) in [7, 11) is 1.85.